The van der Waals surface area contributed by atoms with Crippen LogP contribution in [0.3, 0.4) is 0 Å². The molecule has 1 N–H and O–H groups in total. The first-order valence-corrected chi connectivity index (χ1v) is 7.19. The Kier molecular flexibility index (Phi) is 5.21. The lowest BCUT2D eigenvalue weighted by Gasteiger charge is -2.29. The van der Waals surface area contributed by atoms with Crippen LogP contribution in [0.15, 0.2) is 24.3 Å². The van der Waals surface area contributed by atoms with Gasteiger partial charge in [0, 0.05) is 12.1 Å². The summed E-state index contributed by atoms with van der Waals surface area (Å²) in [5.74, 6) is 0. The average molecular weight is 247 g/mol. The van der Waals surface area contributed by atoms with Gasteiger partial charge in [0.25, 0.3) is 0 Å². The van der Waals surface area contributed by atoms with Crippen molar-refractivity contribution in [2.75, 3.05) is 13.2 Å². The van der Waals surface area contributed by atoms with Crippen LogP contribution < -0.4 is 5.32 Å². The van der Waals surface area contributed by atoms with Gasteiger partial charge in [0.1, 0.15) is 0 Å². The zero-order valence-corrected chi connectivity index (χ0v) is 11.6. The normalized spacial score (nSPS) is 24.1. The van der Waals surface area contributed by atoms with Crippen molar-refractivity contribution in [2.24, 2.45) is 0 Å². The van der Waals surface area contributed by atoms with E-state index in [4.69, 9.17) is 4.74 Å². The molecule has 1 aromatic carbocycles. The highest BCUT2D eigenvalue weighted by Crippen LogP contribution is 2.11. The van der Waals surface area contributed by atoms with Gasteiger partial charge in [-0.1, -0.05) is 37.6 Å². The summed E-state index contributed by atoms with van der Waals surface area (Å²) in [5, 5.41) is 3.59. The number of rotatable bonds is 5. The van der Waals surface area contributed by atoms with Crippen molar-refractivity contribution >= 4 is 0 Å². The highest BCUT2D eigenvalue weighted by atomic mass is 16.5. The molecule has 2 unspecified atom stereocenters. The van der Waals surface area contributed by atoms with E-state index < -0.39 is 0 Å². The molecule has 100 valence electrons. The Labute approximate surface area is 111 Å². The van der Waals surface area contributed by atoms with E-state index in [9.17, 15) is 0 Å². The van der Waals surface area contributed by atoms with Crippen LogP contribution >= 0.6 is 0 Å². The molecule has 2 heteroatoms. The molecule has 1 heterocycles. The van der Waals surface area contributed by atoms with Crippen LogP contribution in [0.2, 0.25) is 0 Å². The van der Waals surface area contributed by atoms with Crippen molar-refractivity contribution in [3.63, 3.8) is 0 Å². The molecule has 1 aromatic rings. The third kappa shape index (κ3) is 4.11. The molecule has 0 aliphatic carbocycles. The minimum Gasteiger partial charge on any atom is -0.378 e. The Balaban J connectivity index is 1.78. The monoisotopic (exact) mass is 247 g/mol. The second-order valence-corrected chi connectivity index (χ2v) is 5.41. The van der Waals surface area contributed by atoms with E-state index in [1.54, 1.807) is 0 Å². The fourth-order valence-electron chi connectivity index (χ4n) is 2.55. The second kappa shape index (κ2) is 6.91. The third-order valence-electron chi connectivity index (χ3n) is 3.55. The Morgan fingerprint density at radius 1 is 1.11 bits per heavy atom. The smallest absolute Gasteiger partial charge is 0.0620 e. The maximum atomic E-state index is 5.57. The molecule has 1 aliphatic heterocycles. The summed E-state index contributed by atoms with van der Waals surface area (Å²) in [5.41, 5.74) is 2.89. The molecule has 2 nitrogen and oxygen atoms in total. The Hall–Kier alpha value is -0.860. The minimum atomic E-state index is 0.496. The summed E-state index contributed by atoms with van der Waals surface area (Å²) in [6.07, 6.45) is 4.72. The number of nitrogens with one attached hydrogen (secondary N) is 1. The van der Waals surface area contributed by atoms with Gasteiger partial charge in [0.05, 0.1) is 13.2 Å². The SMILES string of the molecule is CCCc1ccc(CCC2COCC(C)N2)cc1. The molecule has 0 saturated carbocycles. The van der Waals surface area contributed by atoms with Gasteiger partial charge < -0.3 is 10.1 Å². The van der Waals surface area contributed by atoms with Crippen LogP contribution in [0.4, 0.5) is 0 Å². The molecule has 18 heavy (non-hydrogen) atoms. The molecule has 0 spiro atoms. The van der Waals surface area contributed by atoms with E-state index in [1.807, 2.05) is 0 Å². The summed E-state index contributed by atoms with van der Waals surface area (Å²) < 4.78 is 5.57. The zero-order valence-electron chi connectivity index (χ0n) is 11.6. The average Bonchev–Trinajstić information content (AvgIpc) is 2.38. The van der Waals surface area contributed by atoms with Crippen LogP contribution in [0, 0.1) is 0 Å². The number of aryl methyl sites for hydroxylation is 2. The van der Waals surface area contributed by atoms with Crippen molar-refractivity contribution in [2.45, 2.75) is 51.6 Å². The molecule has 0 bridgehead atoms. The van der Waals surface area contributed by atoms with Gasteiger partial charge in [0.15, 0.2) is 0 Å². The van der Waals surface area contributed by atoms with Crippen LogP contribution in [0.1, 0.15) is 37.8 Å². The van der Waals surface area contributed by atoms with E-state index in [0.29, 0.717) is 12.1 Å². The van der Waals surface area contributed by atoms with Gasteiger partial charge in [0.2, 0.25) is 0 Å². The lowest BCUT2D eigenvalue weighted by molar-refractivity contribution is 0.0483. The van der Waals surface area contributed by atoms with E-state index in [1.165, 1.54) is 24.0 Å². The molecule has 2 rings (SSSR count). The number of morpholine rings is 1. The first-order chi connectivity index (χ1) is 8.78. The van der Waals surface area contributed by atoms with Crippen molar-refractivity contribution in [1.29, 1.82) is 0 Å². The number of hydrogen-bond acceptors (Lipinski definition) is 2. The zero-order chi connectivity index (χ0) is 12.8. The van der Waals surface area contributed by atoms with Gasteiger partial charge >= 0.3 is 0 Å². The molecule has 2 atom stereocenters. The summed E-state index contributed by atoms with van der Waals surface area (Å²) in [7, 11) is 0. The number of hydrogen-bond donors (Lipinski definition) is 1. The lowest BCUT2D eigenvalue weighted by atomic mass is 10.0. The van der Waals surface area contributed by atoms with Crippen LogP contribution in [-0.4, -0.2) is 25.3 Å². The van der Waals surface area contributed by atoms with Crippen LogP contribution in [-0.2, 0) is 17.6 Å². The highest BCUT2D eigenvalue weighted by molar-refractivity contribution is 5.22. The largest absolute Gasteiger partial charge is 0.378 e. The molecule has 0 aromatic heterocycles. The van der Waals surface area contributed by atoms with Crippen molar-refractivity contribution in [1.82, 2.24) is 5.32 Å². The van der Waals surface area contributed by atoms with Gasteiger partial charge in [-0.05, 0) is 37.3 Å². The standard InChI is InChI=1S/C16H25NO/c1-3-4-14-5-7-15(8-6-14)9-10-16-12-18-11-13(2)17-16/h5-8,13,16-17H,3-4,9-12H2,1-2H3. The summed E-state index contributed by atoms with van der Waals surface area (Å²) >= 11 is 0. The molecule has 1 fully saturated rings. The predicted molar refractivity (Wildman–Crippen MR) is 76.0 cm³/mol. The number of benzene rings is 1. The van der Waals surface area contributed by atoms with Crippen molar-refractivity contribution in [3.8, 4) is 0 Å². The Morgan fingerprint density at radius 2 is 1.78 bits per heavy atom. The minimum absolute atomic E-state index is 0.496. The van der Waals surface area contributed by atoms with Crippen LogP contribution in [0.25, 0.3) is 0 Å². The fourth-order valence-corrected chi connectivity index (χ4v) is 2.55. The predicted octanol–water partition coefficient (Wildman–Crippen LogP) is 2.95. The molecule has 0 radical (unpaired) electrons. The number of ether oxygens (including phenoxy) is 1. The van der Waals surface area contributed by atoms with E-state index in [2.05, 4.69) is 43.4 Å². The van der Waals surface area contributed by atoms with Crippen molar-refractivity contribution in [3.05, 3.63) is 35.4 Å². The topological polar surface area (TPSA) is 21.3 Å². The first-order valence-electron chi connectivity index (χ1n) is 7.19. The Bertz CT molecular complexity index is 347. The molecule has 1 aliphatic rings. The molecule has 1 saturated heterocycles. The maximum Gasteiger partial charge on any atom is 0.0620 e. The van der Waals surface area contributed by atoms with Gasteiger partial charge in [-0.3, -0.25) is 0 Å². The lowest BCUT2D eigenvalue weighted by Crippen LogP contribution is -2.47. The summed E-state index contributed by atoms with van der Waals surface area (Å²) in [6, 6.07) is 10.1. The van der Waals surface area contributed by atoms with Crippen molar-refractivity contribution < 1.29 is 4.74 Å². The Morgan fingerprint density at radius 3 is 2.39 bits per heavy atom. The maximum absolute atomic E-state index is 5.57. The molecule has 0 amide bonds. The summed E-state index contributed by atoms with van der Waals surface area (Å²) in [6.45, 7) is 6.12. The van der Waals surface area contributed by atoms with E-state index >= 15 is 0 Å². The molecular weight excluding hydrogens is 222 g/mol. The highest BCUT2D eigenvalue weighted by Gasteiger charge is 2.17. The van der Waals surface area contributed by atoms with Gasteiger partial charge in [-0.25, -0.2) is 0 Å². The van der Waals surface area contributed by atoms with Crippen LogP contribution in [0.5, 0.6) is 0 Å². The molecular formula is C16H25NO. The van der Waals surface area contributed by atoms with E-state index in [0.717, 1.165) is 26.1 Å². The van der Waals surface area contributed by atoms with Gasteiger partial charge in [-0.2, -0.15) is 0 Å². The quantitative estimate of drug-likeness (QED) is 0.864. The fraction of sp³-hybridized carbons (Fsp3) is 0.625. The summed E-state index contributed by atoms with van der Waals surface area (Å²) in [4.78, 5) is 0. The van der Waals surface area contributed by atoms with E-state index in [-0.39, 0.29) is 0 Å². The van der Waals surface area contributed by atoms with Gasteiger partial charge in [-0.15, -0.1) is 0 Å². The first kappa shape index (κ1) is 13.6. The second-order valence-electron chi connectivity index (χ2n) is 5.41. The third-order valence-corrected chi connectivity index (χ3v) is 3.55.